The van der Waals surface area contributed by atoms with Gasteiger partial charge < -0.3 is 5.32 Å². The van der Waals surface area contributed by atoms with Gasteiger partial charge in [-0.3, -0.25) is 4.40 Å². The van der Waals surface area contributed by atoms with Crippen LogP contribution in [0.5, 0.6) is 0 Å². The normalized spacial score (nSPS) is 11.2. The van der Waals surface area contributed by atoms with Gasteiger partial charge in [0, 0.05) is 17.1 Å². The maximum absolute atomic E-state index is 6.19. The third kappa shape index (κ3) is 2.29. The number of fused-ring (bicyclic) bond motifs is 3. The molecular weight excluding hydrogens is 310 g/mol. The molecule has 0 unspecified atom stereocenters. The van der Waals surface area contributed by atoms with Crippen LogP contribution in [0, 0.1) is 0 Å². The van der Waals surface area contributed by atoms with Crippen molar-refractivity contribution < 1.29 is 0 Å². The number of halogens is 1. The second-order valence-electron chi connectivity index (χ2n) is 5.17. The Morgan fingerprint density at radius 2 is 1.91 bits per heavy atom. The molecule has 0 radical (unpaired) electrons. The SMILES string of the molecule is CCNc1nc2ccc(Cl)cc2n2c(-c3ccccc3)nnc12. The molecule has 114 valence electrons. The quantitative estimate of drug-likeness (QED) is 0.618. The topological polar surface area (TPSA) is 55.1 Å². The molecule has 0 bridgehead atoms. The fraction of sp³-hybridized carbons (Fsp3) is 0.118. The first-order chi connectivity index (χ1) is 11.3. The molecule has 0 aliphatic rings. The van der Waals surface area contributed by atoms with Gasteiger partial charge in [0.25, 0.3) is 0 Å². The van der Waals surface area contributed by atoms with E-state index in [0.717, 1.165) is 34.8 Å². The van der Waals surface area contributed by atoms with Crippen LogP contribution in [0.15, 0.2) is 48.5 Å². The average Bonchev–Trinajstić information content (AvgIpc) is 3.02. The van der Waals surface area contributed by atoms with Gasteiger partial charge in [-0.2, -0.15) is 0 Å². The molecule has 1 N–H and O–H groups in total. The van der Waals surface area contributed by atoms with Gasteiger partial charge in [0.2, 0.25) is 5.65 Å². The summed E-state index contributed by atoms with van der Waals surface area (Å²) in [5, 5.41) is 12.6. The minimum Gasteiger partial charge on any atom is -0.367 e. The van der Waals surface area contributed by atoms with Crippen LogP contribution in [0.3, 0.4) is 0 Å². The highest BCUT2D eigenvalue weighted by Gasteiger charge is 2.16. The van der Waals surface area contributed by atoms with E-state index in [-0.39, 0.29) is 0 Å². The number of benzene rings is 2. The minimum atomic E-state index is 0.657. The summed E-state index contributed by atoms with van der Waals surface area (Å²) in [6.07, 6.45) is 0. The van der Waals surface area contributed by atoms with Crippen molar-refractivity contribution in [3.63, 3.8) is 0 Å². The third-order valence-electron chi connectivity index (χ3n) is 3.66. The summed E-state index contributed by atoms with van der Waals surface area (Å²) >= 11 is 6.19. The maximum Gasteiger partial charge on any atom is 0.204 e. The number of aromatic nitrogens is 4. The molecule has 5 nitrogen and oxygen atoms in total. The Morgan fingerprint density at radius 1 is 1.09 bits per heavy atom. The molecule has 6 heteroatoms. The second kappa shape index (κ2) is 5.52. The Kier molecular flexibility index (Phi) is 3.35. The summed E-state index contributed by atoms with van der Waals surface area (Å²) in [6, 6.07) is 15.6. The molecule has 0 atom stereocenters. The van der Waals surface area contributed by atoms with Gasteiger partial charge in [-0.1, -0.05) is 41.9 Å². The zero-order chi connectivity index (χ0) is 15.8. The molecule has 0 aliphatic carbocycles. The summed E-state index contributed by atoms with van der Waals surface area (Å²) in [5.74, 6) is 1.49. The third-order valence-corrected chi connectivity index (χ3v) is 3.90. The van der Waals surface area contributed by atoms with Gasteiger partial charge >= 0.3 is 0 Å². The molecule has 0 saturated heterocycles. The van der Waals surface area contributed by atoms with Gasteiger partial charge in [0.05, 0.1) is 11.0 Å². The van der Waals surface area contributed by atoms with Gasteiger partial charge in [-0.25, -0.2) is 4.98 Å². The van der Waals surface area contributed by atoms with Crippen LogP contribution in [-0.4, -0.2) is 26.1 Å². The van der Waals surface area contributed by atoms with E-state index in [1.165, 1.54) is 0 Å². The van der Waals surface area contributed by atoms with Crippen molar-refractivity contribution in [1.29, 1.82) is 0 Å². The lowest BCUT2D eigenvalue weighted by atomic mass is 10.2. The van der Waals surface area contributed by atoms with Crippen molar-refractivity contribution in [2.45, 2.75) is 6.92 Å². The molecule has 0 amide bonds. The van der Waals surface area contributed by atoms with Gasteiger partial charge in [0.1, 0.15) is 0 Å². The lowest BCUT2D eigenvalue weighted by Gasteiger charge is -2.09. The first-order valence-corrected chi connectivity index (χ1v) is 7.79. The van der Waals surface area contributed by atoms with E-state index in [1.807, 2.05) is 59.9 Å². The monoisotopic (exact) mass is 323 g/mol. The molecule has 0 fully saturated rings. The highest BCUT2D eigenvalue weighted by Crippen LogP contribution is 2.28. The van der Waals surface area contributed by atoms with E-state index in [4.69, 9.17) is 11.6 Å². The van der Waals surface area contributed by atoms with Crippen molar-refractivity contribution >= 4 is 34.1 Å². The number of hydrogen-bond acceptors (Lipinski definition) is 4. The standard InChI is InChI=1S/C17H14ClN5/c1-2-19-15-17-22-21-16(11-6-4-3-5-7-11)23(17)14-10-12(18)8-9-13(14)20-15/h3-10H,2H2,1H3,(H,19,20). The van der Waals surface area contributed by atoms with E-state index in [0.29, 0.717) is 10.7 Å². The molecule has 2 aromatic carbocycles. The first-order valence-electron chi connectivity index (χ1n) is 7.41. The van der Waals surface area contributed by atoms with Crippen LogP contribution in [0.2, 0.25) is 5.02 Å². The molecular formula is C17H14ClN5. The van der Waals surface area contributed by atoms with Crippen molar-refractivity contribution in [3.8, 4) is 11.4 Å². The van der Waals surface area contributed by atoms with Crippen molar-refractivity contribution in [1.82, 2.24) is 19.6 Å². The summed E-state index contributed by atoms with van der Waals surface area (Å²) in [7, 11) is 0. The zero-order valence-electron chi connectivity index (χ0n) is 12.5. The molecule has 0 saturated carbocycles. The predicted octanol–water partition coefficient (Wildman–Crippen LogP) is 4.03. The summed E-state index contributed by atoms with van der Waals surface area (Å²) in [5.41, 5.74) is 3.42. The molecule has 2 aromatic heterocycles. The Bertz CT molecular complexity index is 994. The van der Waals surface area contributed by atoms with Gasteiger partial charge in [-0.15, -0.1) is 10.2 Å². The molecule has 0 spiro atoms. The van der Waals surface area contributed by atoms with Crippen LogP contribution in [-0.2, 0) is 0 Å². The molecule has 4 aromatic rings. The molecule has 23 heavy (non-hydrogen) atoms. The van der Waals surface area contributed by atoms with Crippen LogP contribution >= 0.6 is 11.6 Å². The van der Waals surface area contributed by atoms with E-state index in [2.05, 4.69) is 20.5 Å². The van der Waals surface area contributed by atoms with Crippen molar-refractivity contribution in [2.24, 2.45) is 0 Å². The number of nitrogens with zero attached hydrogens (tertiary/aromatic N) is 4. The largest absolute Gasteiger partial charge is 0.367 e. The molecule has 2 heterocycles. The van der Waals surface area contributed by atoms with E-state index >= 15 is 0 Å². The van der Waals surface area contributed by atoms with E-state index < -0.39 is 0 Å². The van der Waals surface area contributed by atoms with Crippen LogP contribution < -0.4 is 5.32 Å². The van der Waals surface area contributed by atoms with Gasteiger partial charge in [-0.05, 0) is 25.1 Å². The lowest BCUT2D eigenvalue weighted by molar-refractivity contribution is 1.11. The summed E-state index contributed by atoms with van der Waals surface area (Å²) in [6.45, 7) is 2.79. The second-order valence-corrected chi connectivity index (χ2v) is 5.61. The Hall–Kier alpha value is -2.66. The maximum atomic E-state index is 6.19. The Morgan fingerprint density at radius 3 is 2.70 bits per heavy atom. The van der Waals surface area contributed by atoms with Crippen LogP contribution in [0.1, 0.15) is 6.92 Å². The highest BCUT2D eigenvalue weighted by atomic mass is 35.5. The van der Waals surface area contributed by atoms with Crippen LogP contribution in [0.4, 0.5) is 5.82 Å². The average molecular weight is 324 g/mol. The number of hydrogen-bond donors (Lipinski definition) is 1. The van der Waals surface area contributed by atoms with Crippen molar-refractivity contribution in [3.05, 3.63) is 53.6 Å². The summed E-state index contributed by atoms with van der Waals surface area (Å²) in [4.78, 5) is 4.65. The first kappa shape index (κ1) is 14.0. The fourth-order valence-electron chi connectivity index (χ4n) is 2.67. The molecule has 4 rings (SSSR count). The number of rotatable bonds is 3. The van der Waals surface area contributed by atoms with Crippen LogP contribution in [0.25, 0.3) is 28.1 Å². The lowest BCUT2D eigenvalue weighted by Crippen LogP contribution is -2.04. The minimum absolute atomic E-state index is 0.657. The smallest absolute Gasteiger partial charge is 0.204 e. The summed E-state index contributed by atoms with van der Waals surface area (Å²) < 4.78 is 2.00. The fourth-order valence-corrected chi connectivity index (χ4v) is 2.83. The van der Waals surface area contributed by atoms with Gasteiger partial charge in [0.15, 0.2) is 11.6 Å². The number of anilines is 1. The Labute approximate surface area is 137 Å². The van der Waals surface area contributed by atoms with Crippen molar-refractivity contribution in [2.75, 3.05) is 11.9 Å². The zero-order valence-corrected chi connectivity index (χ0v) is 13.2. The highest BCUT2D eigenvalue weighted by molar-refractivity contribution is 6.31. The van der Waals surface area contributed by atoms with E-state index in [1.54, 1.807) is 0 Å². The molecule has 0 aliphatic heterocycles. The number of nitrogens with one attached hydrogen (secondary N) is 1. The van der Waals surface area contributed by atoms with E-state index in [9.17, 15) is 0 Å². The Balaban J connectivity index is 2.13. The predicted molar refractivity (Wildman–Crippen MR) is 92.9 cm³/mol.